The fourth-order valence-electron chi connectivity index (χ4n) is 3.04. The van der Waals surface area contributed by atoms with Gasteiger partial charge >= 0.3 is 0 Å². The van der Waals surface area contributed by atoms with E-state index in [9.17, 15) is 4.79 Å². The van der Waals surface area contributed by atoms with Gasteiger partial charge in [-0.3, -0.25) is 9.36 Å². The Labute approximate surface area is 199 Å². The Morgan fingerprint density at radius 1 is 1.22 bits per heavy atom. The van der Waals surface area contributed by atoms with E-state index in [4.69, 9.17) is 27.6 Å². The van der Waals surface area contributed by atoms with Gasteiger partial charge in [0.15, 0.2) is 16.8 Å². The molecule has 4 rings (SSSR count). The van der Waals surface area contributed by atoms with Crippen molar-refractivity contribution in [2.45, 2.75) is 30.8 Å². The van der Waals surface area contributed by atoms with Crippen molar-refractivity contribution >= 4 is 46.7 Å². The number of nitrogens with zero attached hydrogens (tertiary/aromatic N) is 4. The first kappa shape index (κ1) is 22.4. The summed E-state index contributed by atoms with van der Waals surface area (Å²) in [6.45, 7) is 4.21. The lowest BCUT2D eigenvalue weighted by Crippen LogP contribution is -2.23. The number of hydrogen-bond acceptors (Lipinski definition) is 6. The van der Waals surface area contributed by atoms with Crippen LogP contribution in [0.4, 0.5) is 5.82 Å². The fourth-order valence-corrected chi connectivity index (χ4v) is 4.31. The molecule has 0 saturated carbocycles. The zero-order chi connectivity index (χ0) is 22.7. The van der Waals surface area contributed by atoms with E-state index >= 15 is 0 Å². The van der Waals surface area contributed by atoms with Gasteiger partial charge in [-0.25, -0.2) is 4.98 Å². The summed E-state index contributed by atoms with van der Waals surface area (Å²) in [6, 6.07) is 13.4. The number of carbonyl (C=O) groups excluding carboxylic acids is 1. The van der Waals surface area contributed by atoms with E-state index in [1.807, 2.05) is 47.9 Å². The van der Waals surface area contributed by atoms with Crippen molar-refractivity contribution in [3.63, 3.8) is 0 Å². The van der Waals surface area contributed by atoms with Crippen molar-refractivity contribution < 1.29 is 9.21 Å². The normalized spacial score (nSPS) is 12.0. The molecule has 3 heterocycles. The summed E-state index contributed by atoms with van der Waals surface area (Å²) >= 11 is 13.3. The average molecular weight is 488 g/mol. The minimum atomic E-state index is -0.486. The second kappa shape index (κ2) is 9.77. The molecule has 1 N–H and O–H groups in total. The summed E-state index contributed by atoms with van der Waals surface area (Å²) < 4.78 is 7.44. The summed E-state index contributed by atoms with van der Waals surface area (Å²) in [5.41, 5.74) is 1.94. The van der Waals surface area contributed by atoms with Gasteiger partial charge in [0, 0.05) is 6.20 Å². The Morgan fingerprint density at radius 3 is 2.69 bits per heavy atom. The second-order valence-corrected chi connectivity index (χ2v) is 9.15. The zero-order valence-electron chi connectivity index (χ0n) is 17.3. The van der Waals surface area contributed by atoms with Crippen LogP contribution in [0, 0.1) is 6.92 Å². The van der Waals surface area contributed by atoms with Gasteiger partial charge in [-0.2, -0.15) is 0 Å². The number of hydrogen-bond donors (Lipinski definition) is 1. The molecular formula is C22H19Cl2N5O2S. The van der Waals surface area contributed by atoms with Gasteiger partial charge < -0.3 is 9.73 Å². The molecule has 1 unspecified atom stereocenters. The number of aromatic nitrogens is 4. The highest BCUT2D eigenvalue weighted by Crippen LogP contribution is 2.30. The van der Waals surface area contributed by atoms with Crippen molar-refractivity contribution in [3.05, 3.63) is 76.3 Å². The van der Waals surface area contributed by atoms with E-state index in [0.29, 0.717) is 22.5 Å². The molecule has 1 aromatic carbocycles. The molecule has 0 radical (unpaired) electrons. The molecule has 0 aliphatic carbocycles. The first-order valence-electron chi connectivity index (χ1n) is 9.72. The molecule has 0 bridgehead atoms. The van der Waals surface area contributed by atoms with Crippen LogP contribution < -0.4 is 5.32 Å². The number of amides is 1. The number of nitrogens with one attached hydrogen (secondary N) is 1. The van der Waals surface area contributed by atoms with Gasteiger partial charge in [-0.15, -0.1) is 10.2 Å². The van der Waals surface area contributed by atoms with E-state index in [0.717, 1.165) is 16.9 Å². The Bertz CT molecular complexity index is 1240. The van der Waals surface area contributed by atoms with Crippen molar-refractivity contribution in [3.8, 4) is 11.4 Å². The predicted molar refractivity (Wildman–Crippen MR) is 126 cm³/mol. The lowest BCUT2D eigenvalue weighted by atomic mass is 10.2. The summed E-state index contributed by atoms with van der Waals surface area (Å²) in [7, 11) is 0. The maximum absolute atomic E-state index is 12.8. The molecule has 3 aromatic heterocycles. The minimum Gasteiger partial charge on any atom is -0.469 e. The van der Waals surface area contributed by atoms with Crippen LogP contribution in [0.15, 0.2) is 64.5 Å². The first-order chi connectivity index (χ1) is 15.4. The van der Waals surface area contributed by atoms with Gasteiger partial charge in [-0.05, 0) is 31.5 Å². The molecule has 1 amide bonds. The van der Waals surface area contributed by atoms with E-state index in [-0.39, 0.29) is 16.7 Å². The van der Waals surface area contributed by atoms with Gasteiger partial charge in [0.05, 0.1) is 33.7 Å². The van der Waals surface area contributed by atoms with E-state index < -0.39 is 5.25 Å². The molecule has 32 heavy (non-hydrogen) atoms. The molecule has 164 valence electrons. The Hall–Kier alpha value is -2.81. The predicted octanol–water partition coefficient (Wildman–Crippen LogP) is 5.72. The Morgan fingerprint density at radius 2 is 2.00 bits per heavy atom. The van der Waals surface area contributed by atoms with E-state index in [1.54, 1.807) is 13.2 Å². The van der Waals surface area contributed by atoms with Crippen LogP contribution in [0.25, 0.3) is 11.4 Å². The fraction of sp³-hybridized carbons (Fsp3) is 0.182. The van der Waals surface area contributed by atoms with Crippen LogP contribution in [-0.4, -0.2) is 30.9 Å². The van der Waals surface area contributed by atoms with Crippen molar-refractivity contribution in [1.29, 1.82) is 0 Å². The molecule has 0 saturated heterocycles. The largest absolute Gasteiger partial charge is 0.469 e. The molecule has 0 spiro atoms. The van der Waals surface area contributed by atoms with Crippen LogP contribution in [0.2, 0.25) is 10.0 Å². The van der Waals surface area contributed by atoms with Crippen LogP contribution in [0.3, 0.4) is 0 Å². The van der Waals surface area contributed by atoms with Gasteiger partial charge in [0.2, 0.25) is 5.91 Å². The molecule has 1 atom stereocenters. The second-order valence-electron chi connectivity index (χ2n) is 7.00. The minimum absolute atomic E-state index is 0.258. The third-order valence-electron chi connectivity index (χ3n) is 4.70. The standard InChI is InChI=1S/C22H19Cl2N5O2S/c1-13-17(8-9-31-13)20-27-28-22(29(20)12-15-6-4-3-5-7-15)32-14(2)21(30)26-19-18(24)10-16(23)11-25-19/h3-11,14H,12H2,1-2H3,(H,25,26,30). The number of furan rings is 1. The van der Waals surface area contributed by atoms with Crippen LogP contribution in [0.1, 0.15) is 18.2 Å². The Balaban J connectivity index is 1.59. The Kier molecular flexibility index (Phi) is 6.83. The summed E-state index contributed by atoms with van der Waals surface area (Å²) in [4.78, 5) is 16.9. The third kappa shape index (κ3) is 4.98. The van der Waals surface area contributed by atoms with E-state index in [2.05, 4.69) is 20.5 Å². The molecule has 10 heteroatoms. The van der Waals surface area contributed by atoms with Crippen LogP contribution in [0.5, 0.6) is 0 Å². The number of carbonyl (C=O) groups is 1. The van der Waals surface area contributed by atoms with Gasteiger partial charge in [0.25, 0.3) is 0 Å². The molecular weight excluding hydrogens is 469 g/mol. The van der Waals surface area contributed by atoms with Gasteiger partial charge in [-0.1, -0.05) is 65.3 Å². The average Bonchev–Trinajstić information content (AvgIpc) is 3.36. The number of pyridine rings is 1. The molecule has 7 nitrogen and oxygen atoms in total. The third-order valence-corrected chi connectivity index (χ3v) is 6.28. The lowest BCUT2D eigenvalue weighted by molar-refractivity contribution is -0.115. The molecule has 0 fully saturated rings. The number of benzene rings is 1. The number of aryl methyl sites for hydroxylation is 1. The summed E-state index contributed by atoms with van der Waals surface area (Å²) in [5.74, 6) is 1.42. The summed E-state index contributed by atoms with van der Waals surface area (Å²) in [6.07, 6.45) is 3.05. The topological polar surface area (TPSA) is 85.8 Å². The number of rotatable bonds is 7. The molecule has 0 aliphatic heterocycles. The SMILES string of the molecule is Cc1occc1-c1nnc(SC(C)C(=O)Nc2ncc(Cl)cc2Cl)n1Cc1ccccc1. The van der Waals surface area contributed by atoms with Crippen LogP contribution >= 0.6 is 35.0 Å². The van der Waals surface area contributed by atoms with Crippen LogP contribution in [-0.2, 0) is 11.3 Å². The van der Waals surface area contributed by atoms with E-state index in [1.165, 1.54) is 24.0 Å². The smallest absolute Gasteiger partial charge is 0.238 e. The maximum Gasteiger partial charge on any atom is 0.238 e. The van der Waals surface area contributed by atoms with Gasteiger partial charge in [0.1, 0.15) is 5.76 Å². The highest BCUT2D eigenvalue weighted by molar-refractivity contribution is 8.00. The van der Waals surface area contributed by atoms with Crippen molar-refractivity contribution in [2.24, 2.45) is 0 Å². The number of halogens is 2. The lowest BCUT2D eigenvalue weighted by Gasteiger charge is -2.14. The quantitative estimate of drug-likeness (QED) is 0.335. The number of anilines is 1. The summed E-state index contributed by atoms with van der Waals surface area (Å²) in [5, 5.41) is 12.3. The zero-order valence-corrected chi connectivity index (χ0v) is 19.6. The highest BCUT2D eigenvalue weighted by atomic mass is 35.5. The molecule has 4 aromatic rings. The highest BCUT2D eigenvalue weighted by Gasteiger charge is 2.23. The number of thioether (sulfide) groups is 1. The molecule has 0 aliphatic rings. The monoisotopic (exact) mass is 487 g/mol. The van der Waals surface area contributed by atoms with Crippen molar-refractivity contribution in [2.75, 3.05) is 5.32 Å². The maximum atomic E-state index is 12.8. The first-order valence-corrected chi connectivity index (χ1v) is 11.4. The van der Waals surface area contributed by atoms with Crippen molar-refractivity contribution in [1.82, 2.24) is 19.7 Å².